The molecule has 2 aromatic heterocycles. The summed E-state index contributed by atoms with van der Waals surface area (Å²) < 4.78 is 2.41. The van der Waals surface area contributed by atoms with Gasteiger partial charge in [-0.25, -0.2) is 0 Å². The lowest BCUT2D eigenvalue weighted by Gasteiger charge is -2.01. The summed E-state index contributed by atoms with van der Waals surface area (Å²) in [5.41, 5.74) is 0.0111. The van der Waals surface area contributed by atoms with Crippen LogP contribution < -0.4 is 5.56 Å². The van der Waals surface area contributed by atoms with Gasteiger partial charge in [0.25, 0.3) is 5.56 Å². The maximum absolute atomic E-state index is 11.4. The molecule has 0 saturated carbocycles. The quantitative estimate of drug-likeness (QED) is 0.770. The van der Waals surface area contributed by atoms with E-state index in [1.807, 2.05) is 18.2 Å². The summed E-state index contributed by atoms with van der Waals surface area (Å²) in [5.74, 6) is 0. The molecule has 0 N–H and O–H groups in total. The molecule has 2 heterocycles. The van der Waals surface area contributed by atoms with Gasteiger partial charge in [-0.05, 0) is 18.2 Å². The van der Waals surface area contributed by atoms with Crippen molar-refractivity contribution in [2.75, 3.05) is 0 Å². The molecule has 0 aliphatic rings. The maximum Gasteiger partial charge on any atom is 0.250 e. The van der Waals surface area contributed by atoms with Gasteiger partial charge in [-0.1, -0.05) is 17.7 Å². The van der Waals surface area contributed by atoms with Crippen LogP contribution in [0.5, 0.6) is 0 Å². The van der Waals surface area contributed by atoms with E-state index >= 15 is 0 Å². The Labute approximate surface area is 90.4 Å². The lowest BCUT2D eigenvalue weighted by atomic mass is 10.4. The first kappa shape index (κ1) is 9.49. The van der Waals surface area contributed by atoms with Crippen LogP contribution in [-0.4, -0.2) is 4.57 Å². The van der Waals surface area contributed by atoms with Crippen LogP contribution in [0.25, 0.3) is 0 Å². The second-order valence-corrected chi connectivity index (χ2v) is 4.67. The van der Waals surface area contributed by atoms with Gasteiger partial charge < -0.3 is 4.57 Å². The number of thiophene rings is 1. The van der Waals surface area contributed by atoms with Crippen LogP contribution in [0, 0.1) is 0 Å². The third kappa shape index (κ3) is 2.05. The van der Waals surface area contributed by atoms with E-state index in [2.05, 4.69) is 0 Å². The molecule has 0 atom stereocenters. The second-order valence-electron chi connectivity index (χ2n) is 2.87. The molecule has 0 amide bonds. The van der Waals surface area contributed by atoms with Crippen LogP contribution in [0.3, 0.4) is 0 Å². The lowest BCUT2D eigenvalue weighted by Crippen LogP contribution is -2.17. The van der Waals surface area contributed by atoms with Crippen molar-refractivity contribution >= 4 is 22.9 Å². The van der Waals surface area contributed by atoms with E-state index in [1.54, 1.807) is 22.9 Å². The predicted molar refractivity (Wildman–Crippen MR) is 59.1 cm³/mol. The SMILES string of the molecule is O=c1ccccn1Cc1ccc(Cl)s1. The Kier molecular flexibility index (Phi) is 2.70. The normalized spacial score (nSPS) is 10.4. The van der Waals surface area contributed by atoms with Crippen LogP contribution in [0.4, 0.5) is 0 Å². The van der Waals surface area contributed by atoms with Crippen LogP contribution in [0.1, 0.15) is 4.88 Å². The standard InChI is InChI=1S/C10H8ClNOS/c11-9-5-4-8(14-9)7-12-6-2-1-3-10(12)13/h1-6H,7H2. The van der Waals surface area contributed by atoms with E-state index < -0.39 is 0 Å². The molecular weight excluding hydrogens is 218 g/mol. The first-order valence-corrected chi connectivity index (χ1v) is 5.35. The number of hydrogen-bond donors (Lipinski definition) is 0. The molecule has 2 nitrogen and oxygen atoms in total. The average Bonchev–Trinajstić information content (AvgIpc) is 2.56. The minimum absolute atomic E-state index is 0.0111. The average molecular weight is 226 g/mol. The third-order valence-corrected chi connectivity index (χ3v) is 3.07. The number of hydrogen-bond acceptors (Lipinski definition) is 2. The van der Waals surface area contributed by atoms with E-state index in [-0.39, 0.29) is 5.56 Å². The summed E-state index contributed by atoms with van der Waals surface area (Å²) in [7, 11) is 0. The van der Waals surface area contributed by atoms with Crippen molar-refractivity contribution in [3.63, 3.8) is 0 Å². The monoisotopic (exact) mass is 225 g/mol. The number of pyridine rings is 1. The molecular formula is C10H8ClNOS. The lowest BCUT2D eigenvalue weighted by molar-refractivity contribution is 0.770. The highest BCUT2D eigenvalue weighted by molar-refractivity contribution is 7.16. The molecule has 0 aliphatic heterocycles. The van der Waals surface area contributed by atoms with E-state index in [0.717, 1.165) is 9.21 Å². The number of rotatable bonds is 2. The van der Waals surface area contributed by atoms with Crippen LogP contribution in [0.15, 0.2) is 41.3 Å². The summed E-state index contributed by atoms with van der Waals surface area (Å²) in [5, 5.41) is 0. The van der Waals surface area contributed by atoms with Gasteiger partial charge in [0.2, 0.25) is 0 Å². The fraction of sp³-hybridized carbons (Fsp3) is 0.100. The molecule has 72 valence electrons. The van der Waals surface area contributed by atoms with Crippen molar-refractivity contribution in [2.24, 2.45) is 0 Å². The smallest absolute Gasteiger partial charge is 0.250 e. The molecule has 2 rings (SSSR count). The third-order valence-electron chi connectivity index (χ3n) is 1.85. The van der Waals surface area contributed by atoms with Crippen molar-refractivity contribution in [3.8, 4) is 0 Å². The van der Waals surface area contributed by atoms with Gasteiger partial charge in [-0.15, -0.1) is 11.3 Å². The first-order valence-electron chi connectivity index (χ1n) is 4.15. The van der Waals surface area contributed by atoms with Gasteiger partial charge in [0, 0.05) is 17.1 Å². The predicted octanol–water partition coefficient (Wildman–Crippen LogP) is 2.61. The van der Waals surface area contributed by atoms with Crippen molar-refractivity contribution in [1.29, 1.82) is 0 Å². The van der Waals surface area contributed by atoms with Crippen molar-refractivity contribution in [1.82, 2.24) is 4.57 Å². The molecule has 14 heavy (non-hydrogen) atoms. The van der Waals surface area contributed by atoms with Gasteiger partial charge in [0.1, 0.15) is 0 Å². The summed E-state index contributed by atoms with van der Waals surface area (Å²) in [6.07, 6.45) is 1.77. The summed E-state index contributed by atoms with van der Waals surface area (Å²) >= 11 is 7.29. The van der Waals surface area contributed by atoms with Crippen molar-refractivity contribution in [2.45, 2.75) is 6.54 Å². The van der Waals surface area contributed by atoms with Crippen LogP contribution >= 0.6 is 22.9 Å². The molecule has 0 radical (unpaired) electrons. The summed E-state index contributed by atoms with van der Waals surface area (Å²) in [6, 6.07) is 8.91. The fourth-order valence-corrected chi connectivity index (χ4v) is 2.28. The minimum Gasteiger partial charge on any atom is -0.310 e. The highest BCUT2D eigenvalue weighted by Crippen LogP contribution is 2.21. The molecule has 0 aromatic carbocycles. The van der Waals surface area contributed by atoms with E-state index in [0.29, 0.717) is 6.54 Å². The van der Waals surface area contributed by atoms with Gasteiger partial charge in [0.15, 0.2) is 0 Å². The van der Waals surface area contributed by atoms with Gasteiger partial charge in [0.05, 0.1) is 10.9 Å². The second kappa shape index (κ2) is 3.98. The molecule has 0 aliphatic carbocycles. The Hall–Kier alpha value is -1.06. The molecule has 4 heteroatoms. The van der Waals surface area contributed by atoms with Gasteiger partial charge in [-0.3, -0.25) is 4.79 Å². The highest BCUT2D eigenvalue weighted by atomic mass is 35.5. The molecule has 0 spiro atoms. The van der Waals surface area contributed by atoms with Crippen molar-refractivity contribution in [3.05, 3.63) is 56.1 Å². The zero-order chi connectivity index (χ0) is 9.97. The topological polar surface area (TPSA) is 22.0 Å². The van der Waals surface area contributed by atoms with Gasteiger partial charge in [-0.2, -0.15) is 0 Å². The Bertz CT molecular complexity index is 489. The Balaban J connectivity index is 2.27. The van der Waals surface area contributed by atoms with Crippen LogP contribution in [0.2, 0.25) is 4.34 Å². The molecule has 0 fully saturated rings. The molecule has 0 bridgehead atoms. The molecule has 0 saturated heterocycles. The van der Waals surface area contributed by atoms with Crippen molar-refractivity contribution < 1.29 is 0 Å². The Morgan fingerprint density at radius 2 is 2.14 bits per heavy atom. The van der Waals surface area contributed by atoms with E-state index in [1.165, 1.54) is 11.3 Å². The largest absolute Gasteiger partial charge is 0.310 e. The Morgan fingerprint density at radius 3 is 2.79 bits per heavy atom. The molecule has 2 aromatic rings. The van der Waals surface area contributed by atoms with E-state index in [4.69, 9.17) is 11.6 Å². The number of halogens is 1. The zero-order valence-electron chi connectivity index (χ0n) is 7.31. The fourth-order valence-electron chi connectivity index (χ4n) is 1.20. The minimum atomic E-state index is 0.0111. The van der Waals surface area contributed by atoms with E-state index in [9.17, 15) is 4.79 Å². The maximum atomic E-state index is 11.4. The summed E-state index contributed by atoms with van der Waals surface area (Å²) in [6.45, 7) is 0.594. The summed E-state index contributed by atoms with van der Waals surface area (Å²) in [4.78, 5) is 12.5. The first-order chi connectivity index (χ1) is 6.75. The Morgan fingerprint density at radius 1 is 1.29 bits per heavy atom. The number of aromatic nitrogens is 1. The molecule has 0 unspecified atom stereocenters. The van der Waals surface area contributed by atoms with Gasteiger partial charge >= 0.3 is 0 Å². The number of nitrogens with zero attached hydrogens (tertiary/aromatic N) is 1. The highest BCUT2D eigenvalue weighted by Gasteiger charge is 1.99. The van der Waals surface area contributed by atoms with Crippen LogP contribution in [-0.2, 0) is 6.54 Å². The zero-order valence-corrected chi connectivity index (χ0v) is 8.89.